The van der Waals surface area contributed by atoms with Crippen molar-refractivity contribution in [3.63, 3.8) is 0 Å². The zero-order valence-electron chi connectivity index (χ0n) is 31.5. The van der Waals surface area contributed by atoms with Crippen molar-refractivity contribution < 1.29 is 28.4 Å². The van der Waals surface area contributed by atoms with E-state index in [1.54, 1.807) is 12.2 Å². The topological polar surface area (TPSA) is 94.1 Å². The molecule has 0 aliphatic heterocycles. The van der Waals surface area contributed by atoms with Crippen molar-refractivity contribution >= 4 is 0 Å². The summed E-state index contributed by atoms with van der Waals surface area (Å²) < 4.78 is 36.8. The van der Waals surface area contributed by atoms with Crippen molar-refractivity contribution in [3.8, 4) is 68.7 Å². The molecule has 0 N–H and O–H groups in total. The van der Waals surface area contributed by atoms with Crippen molar-refractivity contribution in [1.29, 1.82) is 0 Å². The molecule has 4 aromatic rings. The predicted octanol–water partition coefficient (Wildman–Crippen LogP) is 10.7. The molecule has 0 fully saturated rings. The third kappa shape index (κ3) is 11.8. The fraction of sp³-hybridized carbons (Fsp3) is 0.419. The van der Waals surface area contributed by atoms with Gasteiger partial charge in [0.05, 0.1) is 43.1 Å². The number of nitrogens with zero attached hydrogens (tertiary/aromatic N) is 3. The van der Waals surface area contributed by atoms with Crippen LogP contribution in [0.25, 0.3) is 34.2 Å². The molecule has 0 spiro atoms. The molecule has 9 heteroatoms. The monoisotopic (exact) mass is 709 g/mol. The smallest absolute Gasteiger partial charge is 0.167 e. The van der Waals surface area contributed by atoms with Gasteiger partial charge in [-0.1, -0.05) is 78.7 Å². The first-order chi connectivity index (χ1) is 25.5. The van der Waals surface area contributed by atoms with E-state index in [0.29, 0.717) is 103 Å². The highest BCUT2D eigenvalue weighted by Gasteiger charge is 2.21. The fourth-order valence-electron chi connectivity index (χ4n) is 5.05. The summed E-state index contributed by atoms with van der Waals surface area (Å²) in [5, 5.41) is 0. The third-order valence-electron chi connectivity index (χ3n) is 7.99. The lowest BCUT2D eigenvalue weighted by atomic mass is 10.1. The Labute approximate surface area is 310 Å². The van der Waals surface area contributed by atoms with Gasteiger partial charge in [-0.2, -0.15) is 0 Å². The Bertz CT molecular complexity index is 1620. The first kappa shape index (κ1) is 39.7. The van der Waals surface area contributed by atoms with Gasteiger partial charge in [0.2, 0.25) is 0 Å². The summed E-state index contributed by atoms with van der Waals surface area (Å²) in [5.74, 6) is 5.18. The molecule has 4 rings (SSSR count). The minimum absolute atomic E-state index is 0.296. The quantitative estimate of drug-likeness (QED) is 0.0492. The average Bonchev–Trinajstić information content (AvgIpc) is 3.16. The molecule has 0 unspecified atom stereocenters. The van der Waals surface area contributed by atoms with Gasteiger partial charge in [0.1, 0.15) is 47.7 Å². The van der Waals surface area contributed by atoms with Crippen molar-refractivity contribution in [2.75, 3.05) is 39.6 Å². The molecule has 0 aliphatic carbocycles. The van der Waals surface area contributed by atoms with Crippen molar-refractivity contribution in [2.24, 2.45) is 0 Å². The zero-order chi connectivity index (χ0) is 37.0. The highest BCUT2D eigenvalue weighted by molar-refractivity contribution is 5.75. The van der Waals surface area contributed by atoms with Gasteiger partial charge in [-0.15, -0.1) is 0 Å². The van der Waals surface area contributed by atoms with Crippen LogP contribution in [-0.2, 0) is 0 Å². The predicted molar refractivity (Wildman–Crippen MR) is 209 cm³/mol. The Kier molecular flexibility index (Phi) is 16.8. The largest absolute Gasteiger partial charge is 0.493 e. The number of benzene rings is 3. The van der Waals surface area contributed by atoms with Gasteiger partial charge >= 0.3 is 0 Å². The van der Waals surface area contributed by atoms with Crippen LogP contribution in [0.3, 0.4) is 0 Å². The Hall–Kier alpha value is -5.05. The Morgan fingerprint density at radius 2 is 0.750 bits per heavy atom. The summed E-state index contributed by atoms with van der Waals surface area (Å²) in [6.45, 7) is 19.2. The van der Waals surface area contributed by atoms with E-state index in [1.165, 1.54) is 0 Å². The molecule has 3 aromatic carbocycles. The number of rotatable bonds is 25. The van der Waals surface area contributed by atoms with Gasteiger partial charge in [-0.25, -0.2) is 15.0 Å². The van der Waals surface area contributed by atoms with Gasteiger partial charge in [0.25, 0.3) is 0 Å². The van der Waals surface area contributed by atoms with E-state index in [-0.39, 0.29) is 0 Å². The highest BCUT2D eigenvalue weighted by atomic mass is 16.5. The summed E-state index contributed by atoms with van der Waals surface area (Å²) in [7, 11) is 0. The Balaban J connectivity index is 1.92. The average molecular weight is 710 g/mol. The molecule has 0 atom stereocenters. The zero-order valence-corrected chi connectivity index (χ0v) is 31.5. The molecule has 0 bridgehead atoms. The maximum absolute atomic E-state index is 6.36. The van der Waals surface area contributed by atoms with Gasteiger partial charge in [-0.05, 0) is 62.1 Å². The van der Waals surface area contributed by atoms with Crippen molar-refractivity contribution in [3.05, 3.63) is 79.9 Å². The van der Waals surface area contributed by atoms with Crippen LogP contribution in [-0.4, -0.2) is 54.6 Å². The first-order valence-electron chi connectivity index (χ1n) is 18.7. The van der Waals surface area contributed by atoms with Crippen molar-refractivity contribution in [1.82, 2.24) is 15.0 Å². The van der Waals surface area contributed by atoms with Crippen LogP contribution in [0.15, 0.2) is 79.9 Å². The standard InChI is InChI=1S/C43H55N3O6/c1-7-13-25-47-32-17-20-35(38(29-32)50-23-11-5)41-44-42(36-21-18-33(48-26-14-8-2)30-39(36)51-24-12-6)46-43(45-41)37-22-19-34(49-27-15-9-3)31-40(37)52-28-16-10-4/h11-12,17-22,29-31H,5-10,13-16,23-28H2,1-4H3. The molecule has 0 saturated carbocycles. The van der Waals surface area contributed by atoms with Crippen LogP contribution in [0.4, 0.5) is 0 Å². The van der Waals surface area contributed by atoms with Gasteiger partial charge in [0, 0.05) is 18.2 Å². The molecule has 1 aromatic heterocycles. The van der Waals surface area contributed by atoms with Crippen LogP contribution in [0.5, 0.6) is 34.5 Å². The summed E-state index contributed by atoms with van der Waals surface area (Å²) in [6.07, 6.45) is 11.3. The van der Waals surface area contributed by atoms with Crippen LogP contribution in [0.1, 0.15) is 79.1 Å². The minimum atomic E-state index is 0.296. The normalized spacial score (nSPS) is 10.8. The second-order valence-electron chi connectivity index (χ2n) is 12.3. The minimum Gasteiger partial charge on any atom is -0.493 e. The summed E-state index contributed by atoms with van der Waals surface area (Å²) in [4.78, 5) is 15.1. The molecular weight excluding hydrogens is 654 g/mol. The molecule has 278 valence electrons. The second kappa shape index (κ2) is 22.0. The van der Waals surface area contributed by atoms with E-state index in [4.69, 9.17) is 43.4 Å². The molecule has 9 nitrogen and oxygen atoms in total. The molecule has 52 heavy (non-hydrogen) atoms. The van der Waals surface area contributed by atoms with Gasteiger partial charge in [0.15, 0.2) is 17.5 Å². The SMILES string of the molecule is C=CCOc1cc(OCCCC)ccc1-c1nc(-c2ccc(OCCCC)cc2OCC=C)nc(-c2ccc(OCCCC)cc2OCCCC)n1. The van der Waals surface area contributed by atoms with E-state index in [1.807, 2.05) is 54.6 Å². The van der Waals surface area contributed by atoms with Crippen molar-refractivity contribution in [2.45, 2.75) is 79.1 Å². The maximum Gasteiger partial charge on any atom is 0.167 e. The Morgan fingerprint density at radius 3 is 1.06 bits per heavy atom. The lowest BCUT2D eigenvalue weighted by Crippen LogP contribution is -2.06. The number of unbranched alkanes of at least 4 members (excludes halogenated alkanes) is 4. The van der Waals surface area contributed by atoms with Crippen LogP contribution in [0.2, 0.25) is 0 Å². The Morgan fingerprint density at radius 1 is 0.442 bits per heavy atom. The first-order valence-corrected chi connectivity index (χ1v) is 18.7. The summed E-state index contributed by atoms with van der Waals surface area (Å²) >= 11 is 0. The molecule has 0 amide bonds. The highest BCUT2D eigenvalue weighted by Crippen LogP contribution is 2.39. The van der Waals surface area contributed by atoms with Crippen LogP contribution in [0, 0.1) is 0 Å². The fourth-order valence-corrected chi connectivity index (χ4v) is 5.05. The number of aromatic nitrogens is 3. The number of hydrogen-bond acceptors (Lipinski definition) is 9. The summed E-state index contributed by atoms with van der Waals surface area (Å²) in [5.41, 5.74) is 2.07. The second-order valence-corrected chi connectivity index (χ2v) is 12.3. The van der Waals surface area contributed by atoms with E-state index < -0.39 is 0 Å². The lowest BCUT2D eigenvalue weighted by molar-refractivity contribution is 0.295. The molecule has 0 aliphatic rings. The van der Waals surface area contributed by atoms with Gasteiger partial charge < -0.3 is 28.4 Å². The number of hydrogen-bond donors (Lipinski definition) is 0. The van der Waals surface area contributed by atoms with E-state index in [2.05, 4.69) is 40.9 Å². The summed E-state index contributed by atoms with van der Waals surface area (Å²) in [6, 6.07) is 17.2. The maximum atomic E-state index is 6.36. The van der Waals surface area contributed by atoms with Crippen LogP contribution >= 0.6 is 0 Å². The molecule has 0 radical (unpaired) electrons. The van der Waals surface area contributed by atoms with E-state index >= 15 is 0 Å². The lowest BCUT2D eigenvalue weighted by Gasteiger charge is -2.17. The van der Waals surface area contributed by atoms with Crippen LogP contribution < -0.4 is 28.4 Å². The van der Waals surface area contributed by atoms with E-state index in [9.17, 15) is 0 Å². The third-order valence-corrected chi connectivity index (χ3v) is 7.99. The number of ether oxygens (including phenoxy) is 6. The molecular formula is C43H55N3O6. The molecule has 0 saturated heterocycles. The van der Waals surface area contributed by atoms with Gasteiger partial charge in [-0.3, -0.25) is 0 Å². The van der Waals surface area contributed by atoms with E-state index in [0.717, 1.165) is 57.1 Å². The molecule has 1 heterocycles.